The van der Waals surface area contributed by atoms with Crippen LogP contribution in [0.25, 0.3) is 0 Å². The summed E-state index contributed by atoms with van der Waals surface area (Å²) in [6.45, 7) is 6.70. The minimum absolute atomic E-state index is 0.344. The van der Waals surface area contributed by atoms with Crippen molar-refractivity contribution < 1.29 is 22.7 Å². The fourth-order valence-corrected chi connectivity index (χ4v) is 1.81. The first-order chi connectivity index (χ1) is 10.6. The molecule has 0 atom stereocenters. The summed E-state index contributed by atoms with van der Waals surface area (Å²) in [6, 6.07) is 5.21. The molecule has 2 N–H and O–H groups in total. The lowest BCUT2D eigenvalue weighted by molar-refractivity contribution is -0.137. The van der Waals surface area contributed by atoms with Gasteiger partial charge in [0.15, 0.2) is 0 Å². The summed E-state index contributed by atoms with van der Waals surface area (Å²) in [4.78, 5) is 11.4. The third-order valence-corrected chi connectivity index (χ3v) is 2.78. The monoisotopic (exact) mass is 332 g/mol. The van der Waals surface area contributed by atoms with Gasteiger partial charge in [-0.3, -0.25) is 0 Å². The first kappa shape index (κ1) is 19.3. The molecular weight excluding hydrogens is 309 g/mol. The molecule has 4 nitrogen and oxygen atoms in total. The van der Waals surface area contributed by atoms with Gasteiger partial charge in [-0.2, -0.15) is 13.2 Å². The SMILES string of the molecule is CC(C)(C)OC(=O)NCCCNCc1cccc(C(F)(F)F)c1. The second-order valence-electron chi connectivity index (χ2n) is 6.16. The van der Waals surface area contributed by atoms with Gasteiger partial charge < -0.3 is 15.4 Å². The maximum atomic E-state index is 12.6. The number of rotatable bonds is 6. The largest absolute Gasteiger partial charge is 0.444 e. The van der Waals surface area contributed by atoms with Crippen LogP contribution in [0.3, 0.4) is 0 Å². The minimum atomic E-state index is -4.33. The predicted molar refractivity (Wildman–Crippen MR) is 82.0 cm³/mol. The van der Waals surface area contributed by atoms with E-state index in [0.29, 0.717) is 31.6 Å². The van der Waals surface area contributed by atoms with Crippen molar-refractivity contribution in [2.75, 3.05) is 13.1 Å². The van der Waals surface area contributed by atoms with Gasteiger partial charge in [-0.05, 0) is 45.4 Å². The summed E-state index contributed by atoms with van der Waals surface area (Å²) in [5, 5.41) is 5.66. The van der Waals surface area contributed by atoms with Crippen molar-refractivity contribution in [3.63, 3.8) is 0 Å². The Kier molecular flexibility index (Phi) is 6.87. The van der Waals surface area contributed by atoms with Crippen molar-refractivity contribution in [1.82, 2.24) is 10.6 Å². The molecule has 1 rings (SSSR count). The summed E-state index contributed by atoms with van der Waals surface area (Å²) >= 11 is 0. The Morgan fingerprint density at radius 1 is 1.17 bits per heavy atom. The predicted octanol–water partition coefficient (Wildman–Crippen LogP) is 3.71. The highest BCUT2D eigenvalue weighted by Crippen LogP contribution is 2.29. The zero-order chi connectivity index (χ0) is 17.5. The molecule has 0 radical (unpaired) electrons. The quantitative estimate of drug-likeness (QED) is 0.781. The van der Waals surface area contributed by atoms with Crippen LogP contribution in [0.2, 0.25) is 0 Å². The molecule has 0 fully saturated rings. The second-order valence-corrected chi connectivity index (χ2v) is 6.16. The van der Waals surface area contributed by atoms with Gasteiger partial charge >= 0.3 is 12.3 Å². The van der Waals surface area contributed by atoms with E-state index in [2.05, 4.69) is 10.6 Å². The van der Waals surface area contributed by atoms with Crippen LogP contribution in [0.1, 0.15) is 38.3 Å². The lowest BCUT2D eigenvalue weighted by Gasteiger charge is -2.19. The molecule has 1 aromatic carbocycles. The number of carbonyl (C=O) groups is 1. The van der Waals surface area contributed by atoms with E-state index in [4.69, 9.17) is 4.74 Å². The number of hydrogen-bond donors (Lipinski definition) is 2. The maximum Gasteiger partial charge on any atom is 0.416 e. The van der Waals surface area contributed by atoms with Crippen LogP contribution in [-0.2, 0) is 17.5 Å². The van der Waals surface area contributed by atoms with Gasteiger partial charge in [-0.1, -0.05) is 18.2 Å². The fourth-order valence-electron chi connectivity index (χ4n) is 1.81. The highest BCUT2D eigenvalue weighted by molar-refractivity contribution is 5.67. The number of nitrogens with one attached hydrogen (secondary N) is 2. The van der Waals surface area contributed by atoms with Crippen LogP contribution in [0, 0.1) is 0 Å². The molecule has 1 aromatic rings. The number of alkyl halides is 3. The number of amides is 1. The van der Waals surface area contributed by atoms with E-state index in [1.807, 2.05) is 0 Å². The summed E-state index contributed by atoms with van der Waals surface area (Å²) in [5.41, 5.74) is -0.616. The highest BCUT2D eigenvalue weighted by Gasteiger charge is 2.30. The summed E-state index contributed by atoms with van der Waals surface area (Å²) in [6.07, 6.45) is -4.15. The molecule has 0 unspecified atom stereocenters. The number of ether oxygens (including phenoxy) is 1. The van der Waals surface area contributed by atoms with E-state index < -0.39 is 23.4 Å². The number of hydrogen-bond acceptors (Lipinski definition) is 3. The Hall–Kier alpha value is -1.76. The molecular formula is C16H23F3N2O2. The van der Waals surface area contributed by atoms with Crippen LogP contribution in [0.5, 0.6) is 0 Å². The van der Waals surface area contributed by atoms with Gasteiger partial charge in [0.1, 0.15) is 5.60 Å². The van der Waals surface area contributed by atoms with Crippen LogP contribution < -0.4 is 10.6 Å². The summed E-state index contributed by atoms with van der Waals surface area (Å²) in [5.74, 6) is 0. The van der Waals surface area contributed by atoms with Crippen molar-refractivity contribution in [2.24, 2.45) is 0 Å². The number of benzene rings is 1. The zero-order valence-electron chi connectivity index (χ0n) is 13.6. The summed E-state index contributed by atoms with van der Waals surface area (Å²) in [7, 11) is 0. The Bertz CT molecular complexity index is 511. The Morgan fingerprint density at radius 2 is 1.87 bits per heavy atom. The topological polar surface area (TPSA) is 50.4 Å². The van der Waals surface area contributed by atoms with E-state index in [0.717, 1.165) is 12.1 Å². The van der Waals surface area contributed by atoms with Crippen molar-refractivity contribution in [3.8, 4) is 0 Å². The fraction of sp³-hybridized carbons (Fsp3) is 0.562. The minimum Gasteiger partial charge on any atom is -0.444 e. The van der Waals surface area contributed by atoms with Gasteiger partial charge in [0.2, 0.25) is 0 Å². The molecule has 0 aliphatic heterocycles. The molecule has 0 saturated heterocycles. The molecule has 130 valence electrons. The molecule has 23 heavy (non-hydrogen) atoms. The van der Waals surface area contributed by atoms with Crippen molar-refractivity contribution in [1.29, 1.82) is 0 Å². The smallest absolute Gasteiger partial charge is 0.416 e. The van der Waals surface area contributed by atoms with Gasteiger partial charge in [0, 0.05) is 13.1 Å². The zero-order valence-corrected chi connectivity index (χ0v) is 13.6. The van der Waals surface area contributed by atoms with Crippen molar-refractivity contribution in [2.45, 2.75) is 45.5 Å². The standard InChI is InChI=1S/C16H23F3N2O2/c1-15(2,3)23-14(22)21-9-5-8-20-11-12-6-4-7-13(10-12)16(17,18)19/h4,6-7,10,20H,5,8-9,11H2,1-3H3,(H,21,22). The van der Waals surface area contributed by atoms with E-state index >= 15 is 0 Å². The van der Waals surface area contributed by atoms with Crippen LogP contribution in [0.15, 0.2) is 24.3 Å². The molecule has 0 spiro atoms. The Labute approximate surface area is 134 Å². The van der Waals surface area contributed by atoms with Gasteiger partial charge in [0.05, 0.1) is 5.56 Å². The molecule has 0 saturated carbocycles. The number of carbonyl (C=O) groups excluding carboxylic acids is 1. The third-order valence-electron chi connectivity index (χ3n) is 2.78. The van der Waals surface area contributed by atoms with Crippen LogP contribution >= 0.6 is 0 Å². The molecule has 0 aliphatic carbocycles. The molecule has 7 heteroatoms. The Morgan fingerprint density at radius 3 is 2.48 bits per heavy atom. The normalized spacial score (nSPS) is 12.1. The maximum absolute atomic E-state index is 12.6. The van der Waals surface area contributed by atoms with Crippen LogP contribution in [-0.4, -0.2) is 24.8 Å². The van der Waals surface area contributed by atoms with Crippen molar-refractivity contribution in [3.05, 3.63) is 35.4 Å². The highest BCUT2D eigenvalue weighted by atomic mass is 19.4. The molecule has 0 bridgehead atoms. The van der Waals surface area contributed by atoms with E-state index in [9.17, 15) is 18.0 Å². The first-order valence-corrected chi connectivity index (χ1v) is 7.41. The summed E-state index contributed by atoms with van der Waals surface area (Å²) < 4.78 is 42.8. The van der Waals surface area contributed by atoms with Gasteiger partial charge in [-0.15, -0.1) is 0 Å². The molecule has 0 aliphatic rings. The van der Waals surface area contributed by atoms with Crippen LogP contribution in [0.4, 0.5) is 18.0 Å². The number of alkyl carbamates (subject to hydrolysis) is 1. The average Bonchev–Trinajstić information content (AvgIpc) is 2.40. The lowest BCUT2D eigenvalue weighted by Crippen LogP contribution is -2.33. The molecule has 0 aromatic heterocycles. The Balaban J connectivity index is 2.22. The van der Waals surface area contributed by atoms with E-state index in [-0.39, 0.29) is 0 Å². The van der Waals surface area contributed by atoms with Gasteiger partial charge in [-0.25, -0.2) is 4.79 Å². The first-order valence-electron chi connectivity index (χ1n) is 7.41. The van der Waals surface area contributed by atoms with E-state index in [1.165, 1.54) is 6.07 Å². The van der Waals surface area contributed by atoms with Gasteiger partial charge in [0.25, 0.3) is 0 Å². The van der Waals surface area contributed by atoms with E-state index in [1.54, 1.807) is 26.8 Å². The lowest BCUT2D eigenvalue weighted by atomic mass is 10.1. The number of halogens is 3. The second kappa shape index (κ2) is 8.19. The van der Waals surface area contributed by atoms with Crippen molar-refractivity contribution >= 4 is 6.09 Å². The third kappa shape index (κ3) is 8.44. The molecule has 1 amide bonds. The average molecular weight is 332 g/mol. The molecule has 0 heterocycles.